The van der Waals surface area contributed by atoms with Gasteiger partial charge in [-0.1, -0.05) is 24.3 Å². The summed E-state index contributed by atoms with van der Waals surface area (Å²) in [6, 6.07) is 23.5. The van der Waals surface area contributed by atoms with Crippen molar-refractivity contribution in [1.29, 1.82) is 0 Å². The quantitative estimate of drug-likeness (QED) is 0.157. The molecular formula is C30H32N4O10. The smallest absolute Gasteiger partial charge is 0.269 e. The first kappa shape index (κ1) is 36.2. The Morgan fingerprint density at radius 3 is 1.02 bits per heavy atom. The third-order valence-corrected chi connectivity index (χ3v) is 5.43. The van der Waals surface area contributed by atoms with Crippen molar-refractivity contribution in [1.82, 2.24) is 0 Å². The fourth-order valence-electron chi connectivity index (χ4n) is 3.17. The van der Waals surface area contributed by atoms with Gasteiger partial charge in [0.1, 0.15) is 11.5 Å². The van der Waals surface area contributed by atoms with Crippen LogP contribution in [0, 0.1) is 20.2 Å². The Balaban J connectivity index is 0.000000294. The lowest BCUT2D eigenvalue weighted by Crippen LogP contribution is -2.51. The minimum absolute atomic E-state index is 0.0689. The van der Waals surface area contributed by atoms with Gasteiger partial charge in [-0.25, -0.2) is 0 Å². The Morgan fingerprint density at radius 2 is 0.818 bits per heavy atom. The lowest BCUT2D eigenvalue weighted by atomic mass is 10.1. The van der Waals surface area contributed by atoms with E-state index in [9.17, 15) is 40.0 Å². The molecule has 4 aromatic carbocycles. The second kappa shape index (κ2) is 19.3. The molecule has 0 saturated carbocycles. The number of nitrogens with zero attached hydrogens (tertiary/aromatic N) is 2. The summed E-state index contributed by atoms with van der Waals surface area (Å²) >= 11 is 0. The fraction of sp³-hybridized carbons (Fsp3) is 0.133. The Morgan fingerprint density at radius 1 is 0.545 bits per heavy atom. The number of carbonyl (C=O) groups excluding carboxylic acids is 2. The first-order valence-electron chi connectivity index (χ1n) is 12.9. The van der Waals surface area contributed by atoms with E-state index in [0.29, 0.717) is 11.5 Å². The lowest BCUT2D eigenvalue weighted by molar-refractivity contribution is -0.385. The number of aromatic carboxylic acids is 2. The number of carbonyl (C=O) groups is 2. The van der Waals surface area contributed by atoms with Gasteiger partial charge in [-0.2, -0.15) is 0 Å². The molecule has 14 heteroatoms. The Labute approximate surface area is 251 Å². The van der Waals surface area contributed by atoms with Crippen molar-refractivity contribution in [2.75, 3.05) is 13.1 Å². The molecule has 0 amide bonds. The van der Waals surface area contributed by atoms with Gasteiger partial charge >= 0.3 is 0 Å². The Bertz CT molecular complexity index is 1300. The van der Waals surface area contributed by atoms with Crippen molar-refractivity contribution in [3.8, 4) is 11.5 Å². The standard InChI is InChI=1S/2C8H11NO.2C7H5NO4/c2*9-6-5-7-1-3-8(10)4-2-7;2*9-7(10)5-1-3-6(4-2-5)8(11)12/h2*1-4,10H,5-6,9H2;2*1-4H,(H,9,10). The third-order valence-electron chi connectivity index (χ3n) is 5.43. The average molecular weight is 609 g/mol. The zero-order chi connectivity index (χ0) is 33.1. The van der Waals surface area contributed by atoms with E-state index in [1.165, 1.54) is 11.1 Å². The van der Waals surface area contributed by atoms with Gasteiger partial charge < -0.3 is 41.5 Å². The number of nitro benzene ring substituents is 2. The van der Waals surface area contributed by atoms with Gasteiger partial charge in [0.25, 0.3) is 11.4 Å². The minimum Gasteiger partial charge on any atom is -0.545 e. The molecule has 0 atom stereocenters. The van der Waals surface area contributed by atoms with Crippen LogP contribution in [0.2, 0.25) is 0 Å². The van der Waals surface area contributed by atoms with Gasteiger partial charge in [0.15, 0.2) is 0 Å². The maximum absolute atomic E-state index is 10.2. The number of hydrogen-bond donors (Lipinski definition) is 4. The van der Waals surface area contributed by atoms with E-state index < -0.39 is 21.8 Å². The topological polar surface area (TPSA) is 262 Å². The maximum atomic E-state index is 10.2. The summed E-state index contributed by atoms with van der Waals surface area (Å²) in [6.07, 6.45) is 1.97. The molecule has 0 heterocycles. The highest BCUT2D eigenvalue weighted by Gasteiger charge is 2.04. The number of carboxylic acid groups (broad SMARTS) is 2. The van der Waals surface area contributed by atoms with E-state index in [-0.39, 0.29) is 22.5 Å². The maximum Gasteiger partial charge on any atom is 0.269 e. The molecule has 0 aromatic heterocycles. The van der Waals surface area contributed by atoms with Crippen LogP contribution in [-0.2, 0) is 12.8 Å². The van der Waals surface area contributed by atoms with Crippen molar-refractivity contribution in [2.45, 2.75) is 12.8 Å². The van der Waals surface area contributed by atoms with E-state index in [1.54, 1.807) is 24.3 Å². The molecule has 4 rings (SSSR count). The zero-order valence-corrected chi connectivity index (χ0v) is 23.5. The van der Waals surface area contributed by atoms with E-state index in [2.05, 4.69) is 11.5 Å². The summed E-state index contributed by atoms with van der Waals surface area (Å²) in [5.41, 5.74) is 9.53. The monoisotopic (exact) mass is 608 g/mol. The van der Waals surface area contributed by atoms with Gasteiger partial charge in [-0.05, 0) is 70.8 Å². The number of carboxylic acids is 2. The normalized spacial score (nSPS) is 9.50. The average Bonchev–Trinajstić information content (AvgIpc) is 3.01. The highest BCUT2D eigenvalue weighted by molar-refractivity contribution is 5.86. The summed E-state index contributed by atoms with van der Waals surface area (Å²) in [5.74, 6) is -2.03. The molecular weight excluding hydrogens is 576 g/mol. The number of non-ortho nitro benzene ring substituents is 2. The van der Waals surface area contributed by atoms with Crippen LogP contribution in [-0.4, -0.2) is 45.1 Å². The second-order valence-corrected chi connectivity index (χ2v) is 8.72. The van der Waals surface area contributed by atoms with Crippen molar-refractivity contribution in [2.24, 2.45) is 0 Å². The number of rotatable bonds is 8. The largest absolute Gasteiger partial charge is 0.545 e. The summed E-state index contributed by atoms with van der Waals surface area (Å²) in [4.78, 5) is 39.5. The summed E-state index contributed by atoms with van der Waals surface area (Å²) < 4.78 is 0. The van der Waals surface area contributed by atoms with Crippen LogP contribution in [0.1, 0.15) is 31.8 Å². The van der Waals surface area contributed by atoms with Crippen LogP contribution < -0.4 is 21.7 Å². The number of phenols is 2. The first-order valence-corrected chi connectivity index (χ1v) is 12.9. The van der Waals surface area contributed by atoms with Crippen molar-refractivity contribution in [3.05, 3.63) is 140 Å². The molecule has 8 N–H and O–H groups in total. The van der Waals surface area contributed by atoms with E-state index in [4.69, 9.17) is 10.2 Å². The molecule has 0 radical (unpaired) electrons. The van der Waals surface area contributed by atoms with Gasteiger partial charge in [-0.3, -0.25) is 20.2 Å². The van der Waals surface area contributed by atoms with Gasteiger partial charge in [0.05, 0.1) is 34.9 Å². The van der Waals surface area contributed by atoms with Crippen LogP contribution in [0.25, 0.3) is 0 Å². The fourth-order valence-corrected chi connectivity index (χ4v) is 3.17. The van der Waals surface area contributed by atoms with Gasteiger partial charge in [0, 0.05) is 37.1 Å². The van der Waals surface area contributed by atoms with E-state index in [0.717, 1.165) is 74.5 Å². The molecule has 0 aliphatic carbocycles. The molecule has 14 nitrogen and oxygen atoms in total. The predicted octanol–water partition coefficient (Wildman–Crippen LogP) is 0.270. The summed E-state index contributed by atoms with van der Waals surface area (Å²) in [6.45, 7) is 1.82. The van der Waals surface area contributed by atoms with Crippen LogP contribution in [0.15, 0.2) is 97.1 Å². The Kier molecular flexibility index (Phi) is 15.9. The molecule has 0 aliphatic rings. The molecule has 0 spiro atoms. The lowest BCUT2D eigenvalue weighted by Gasteiger charge is -1.99. The molecule has 232 valence electrons. The third kappa shape index (κ3) is 14.2. The predicted molar refractivity (Wildman–Crippen MR) is 154 cm³/mol. The number of quaternary nitrogens is 2. The van der Waals surface area contributed by atoms with Crippen LogP contribution in [0.5, 0.6) is 11.5 Å². The molecule has 44 heavy (non-hydrogen) atoms. The first-order chi connectivity index (χ1) is 20.9. The molecule has 0 saturated heterocycles. The minimum atomic E-state index is -1.34. The highest BCUT2D eigenvalue weighted by Crippen LogP contribution is 2.12. The second-order valence-electron chi connectivity index (χ2n) is 8.72. The number of phenolic OH excluding ortho intramolecular Hbond substituents is 2. The van der Waals surface area contributed by atoms with E-state index in [1.807, 2.05) is 24.3 Å². The van der Waals surface area contributed by atoms with Crippen molar-refractivity contribution in [3.63, 3.8) is 0 Å². The molecule has 0 aliphatic heterocycles. The number of benzene rings is 4. The van der Waals surface area contributed by atoms with Crippen molar-refractivity contribution < 1.29 is 51.3 Å². The molecule has 0 fully saturated rings. The molecule has 0 bridgehead atoms. The highest BCUT2D eigenvalue weighted by atomic mass is 16.6. The Hall–Kier alpha value is -5.86. The van der Waals surface area contributed by atoms with Gasteiger partial charge in [-0.15, -0.1) is 0 Å². The molecule has 4 aromatic rings. The zero-order valence-electron chi connectivity index (χ0n) is 23.5. The summed E-state index contributed by atoms with van der Waals surface area (Å²) in [5, 5.41) is 58.5. The molecule has 0 unspecified atom stereocenters. The van der Waals surface area contributed by atoms with Crippen LogP contribution >= 0.6 is 0 Å². The van der Waals surface area contributed by atoms with E-state index >= 15 is 0 Å². The van der Waals surface area contributed by atoms with Crippen molar-refractivity contribution >= 4 is 23.3 Å². The van der Waals surface area contributed by atoms with Crippen LogP contribution in [0.3, 0.4) is 0 Å². The number of hydrogen-bond acceptors (Lipinski definition) is 10. The number of aromatic hydroxyl groups is 2. The summed E-state index contributed by atoms with van der Waals surface area (Å²) in [7, 11) is 0. The SMILES string of the molecule is O=C([O-])c1ccc([N+](=O)[O-])cc1.O=C([O-])c1ccc([N+](=O)[O-])cc1.[NH3+]CCc1ccc(O)cc1.[NH3+]CCc1ccc(O)cc1. The number of nitro groups is 2. The van der Waals surface area contributed by atoms with Gasteiger partial charge in [0.2, 0.25) is 0 Å². The van der Waals surface area contributed by atoms with Crippen LogP contribution in [0.4, 0.5) is 11.4 Å².